The average molecular weight is 545 g/mol. The average Bonchev–Trinajstić information content (AvgIpc) is 3.29. The van der Waals surface area contributed by atoms with Crippen molar-refractivity contribution < 1.29 is 46.1 Å². The molecule has 1 fully saturated rings. The number of carboxylic acid groups (broad SMARTS) is 1. The highest BCUT2D eigenvalue weighted by molar-refractivity contribution is 6.02. The number of aromatic nitrogens is 4. The van der Waals surface area contributed by atoms with Crippen molar-refractivity contribution in [3.05, 3.63) is 47.7 Å². The Hall–Kier alpha value is -3.88. The summed E-state index contributed by atoms with van der Waals surface area (Å²) in [6.07, 6.45) is -2.72. The number of carbonyl (C=O) groups excluding carboxylic acids is 1. The Labute approximate surface area is 212 Å². The molecule has 10 nitrogen and oxygen atoms in total. The molecule has 206 valence electrons. The van der Waals surface area contributed by atoms with Crippen LogP contribution in [0.4, 0.5) is 27.8 Å². The van der Waals surface area contributed by atoms with Crippen molar-refractivity contribution in [3.63, 3.8) is 0 Å². The van der Waals surface area contributed by atoms with E-state index in [9.17, 15) is 26.7 Å². The fourth-order valence-electron chi connectivity index (χ4n) is 3.42. The summed E-state index contributed by atoms with van der Waals surface area (Å²) in [5.41, 5.74) is 0.870. The highest BCUT2D eigenvalue weighted by atomic mass is 19.4. The molecule has 4 rings (SSSR count). The first-order chi connectivity index (χ1) is 17.8. The molecule has 0 aromatic carbocycles. The Morgan fingerprint density at radius 3 is 2.37 bits per heavy atom. The van der Waals surface area contributed by atoms with Crippen molar-refractivity contribution in [3.8, 4) is 5.88 Å². The molecule has 3 aromatic rings. The fraction of sp³-hybridized carbons (Fsp3) is 0.435. The highest BCUT2D eigenvalue weighted by Gasteiger charge is 2.38. The number of nitrogens with one attached hydrogen (secondary N) is 1. The Bertz CT molecular complexity index is 1280. The molecule has 0 bridgehead atoms. The van der Waals surface area contributed by atoms with Crippen molar-refractivity contribution in [1.29, 1.82) is 0 Å². The minimum Gasteiger partial charge on any atom is -0.475 e. The second-order valence-electron chi connectivity index (χ2n) is 8.39. The number of hydrogen-bond donors (Lipinski definition) is 2. The number of aliphatic carboxylic acids is 1. The van der Waals surface area contributed by atoms with Gasteiger partial charge >= 0.3 is 12.1 Å². The Morgan fingerprint density at radius 2 is 1.79 bits per heavy atom. The lowest BCUT2D eigenvalue weighted by molar-refractivity contribution is -0.192. The monoisotopic (exact) mass is 545 g/mol. The van der Waals surface area contributed by atoms with Crippen molar-refractivity contribution >= 4 is 23.3 Å². The lowest BCUT2D eigenvalue weighted by Gasteiger charge is -2.19. The van der Waals surface area contributed by atoms with E-state index in [0.717, 1.165) is 18.5 Å². The molecule has 1 amide bonds. The topological polar surface area (TPSA) is 128 Å². The van der Waals surface area contributed by atoms with Crippen LogP contribution < -0.4 is 10.1 Å². The van der Waals surface area contributed by atoms with Gasteiger partial charge in [-0.3, -0.25) is 9.20 Å². The maximum absolute atomic E-state index is 12.9. The zero-order valence-electron chi connectivity index (χ0n) is 20.2. The molecular weight excluding hydrogens is 521 g/mol. The smallest absolute Gasteiger partial charge is 0.475 e. The number of pyridine rings is 1. The quantitative estimate of drug-likeness (QED) is 0.430. The molecule has 0 spiro atoms. The van der Waals surface area contributed by atoms with Crippen LogP contribution in [-0.2, 0) is 9.53 Å². The molecule has 2 N–H and O–H groups in total. The van der Waals surface area contributed by atoms with Gasteiger partial charge in [-0.15, -0.1) is 0 Å². The van der Waals surface area contributed by atoms with Crippen molar-refractivity contribution in [2.24, 2.45) is 0 Å². The number of rotatable bonds is 6. The van der Waals surface area contributed by atoms with Crippen LogP contribution in [0.15, 0.2) is 30.6 Å². The number of hydrogen-bond acceptors (Lipinski definition) is 7. The van der Waals surface area contributed by atoms with Crippen LogP contribution in [0.1, 0.15) is 60.9 Å². The highest BCUT2D eigenvalue weighted by Crippen LogP contribution is 2.29. The maximum atomic E-state index is 12.9. The third-order valence-corrected chi connectivity index (χ3v) is 5.12. The van der Waals surface area contributed by atoms with Crippen molar-refractivity contribution in [2.75, 3.05) is 18.5 Å². The molecule has 0 unspecified atom stereocenters. The Kier molecular flexibility index (Phi) is 9.14. The summed E-state index contributed by atoms with van der Waals surface area (Å²) in [5.74, 6) is -2.64. The van der Waals surface area contributed by atoms with E-state index in [-0.39, 0.29) is 29.4 Å². The van der Waals surface area contributed by atoms with Crippen molar-refractivity contribution in [1.82, 2.24) is 19.4 Å². The third-order valence-electron chi connectivity index (χ3n) is 5.12. The molecule has 0 radical (unpaired) electrons. The van der Waals surface area contributed by atoms with Gasteiger partial charge in [-0.1, -0.05) is 6.07 Å². The number of halogens is 5. The van der Waals surface area contributed by atoms with Gasteiger partial charge in [0.2, 0.25) is 5.65 Å². The predicted molar refractivity (Wildman–Crippen MR) is 122 cm³/mol. The Balaban J connectivity index is 0.000000505. The molecule has 3 aromatic heterocycles. The van der Waals surface area contributed by atoms with Crippen LogP contribution in [0.3, 0.4) is 0 Å². The minimum absolute atomic E-state index is 0.125. The summed E-state index contributed by atoms with van der Waals surface area (Å²) >= 11 is 0. The zero-order valence-corrected chi connectivity index (χ0v) is 20.2. The molecule has 38 heavy (non-hydrogen) atoms. The lowest BCUT2D eigenvalue weighted by Crippen LogP contribution is -2.21. The zero-order chi connectivity index (χ0) is 28.0. The van der Waals surface area contributed by atoms with Crippen LogP contribution in [0.25, 0.3) is 5.65 Å². The van der Waals surface area contributed by atoms with E-state index < -0.39 is 30.2 Å². The number of ether oxygens (including phenoxy) is 2. The number of amides is 1. The fourth-order valence-corrected chi connectivity index (χ4v) is 3.42. The predicted octanol–water partition coefficient (Wildman–Crippen LogP) is 4.63. The van der Waals surface area contributed by atoms with Gasteiger partial charge in [-0.05, 0) is 38.8 Å². The van der Waals surface area contributed by atoms with Crippen LogP contribution in [0, 0.1) is 0 Å². The van der Waals surface area contributed by atoms with E-state index in [2.05, 4.69) is 15.3 Å². The molecule has 4 heterocycles. The van der Waals surface area contributed by atoms with Gasteiger partial charge < -0.3 is 19.9 Å². The van der Waals surface area contributed by atoms with Gasteiger partial charge in [-0.2, -0.15) is 18.2 Å². The number of nitrogens with zero attached hydrogens (tertiary/aromatic N) is 4. The van der Waals surface area contributed by atoms with E-state index >= 15 is 0 Å². The standard InChI is InChI=1S/C21H23F2N5O3.C2HF3O2/c1-12(2)31-21-19-25-16(13-6-8-30-9-7-13)10-28(19)11-17(27-21)26-20(29)15-5-3-4-14(24-15)18(22)23;3-2(4,5)1(6)7/h3-5,10-13,18H,6-9H2,1-2H3,(H,26,29);(H,6,7). The molecule has 1 saturated heterocycles. The number of fused-ring (bicyclic) bond motifs is 1. The van der Waals surface area contributed by atoms with Gasteiger partial charge in [0.05, 0.1) is 18.0 Å². The van der Waals surface area contributed by atoms with E-state index in [1.165, 1.54) is 18.2 Å². The minimum atomic E-state index is -5.08. The second-order valence-corrected chi connectivity index (χ2v) is 8.39. The SMILES string of the molecule is CC(C)Oc1nc(NC(=O)c2cccc(C(F)F)n2)cn2cc(C3CCOCC3)nc12.O=C(O)C(F)(F)F. The van der Waals surface area contributed by atoms with Gasteiger partial charge in [0, 0.05) is 25.3 Å². The van der Waals surface area contributed by atoms with E-state index in [1.807, 2.05) is 20.0 Å². The molecule has 0 aliphatic carbocycles. The molecule has 0 saturated carbocycles. The number of carboxylic acids is 1. The molecule has 0 atom stereocenters. The van der Waals surface area contributed by atoms with Crippen molar-refractivity contribution in [2.45, 2.75) is 51.3 Å². The van der Waals surface area contributed by atoms with Crippen LogP contribution >= 0.6 is 0 Å². The number of alkyl halides is 5. The van der Waals surface area contributed by atoms with Crippen LogP contribution in [0.5, 0.6) is 5.88 Å². The summed E-state index contributed by atoms with van der Waals surface area (Å²) < 4.78 is 70.5. The number of imidazole rings is 1. The van der Waals surface area contributed by atoms with E-state index in [4.69, 9.17) is 24.4 Å². The Morgan fingerprint density at radius 1 is 1.13 bits per heavy atom. The first-order valence-electron chi connectivity index (χ1n) is 11.4. The van der Waals surface area contributed by atoms with Gasteiger partial charge in [-0.25, -0.2) is 23.5 Å². The van der Waals surface area contributed by atoms with E-state index in [0.29, 0.717) is 18.9 Å². The largest absolute Gasteiger partial charge is 0.490 e. The summed E-state index contributed by atoms with van der Waals surface area (Å²) in [6.45, 7) is 5.12. The van der Waals surface area contributed by atoms with E-state index in [1.54, 1.807) is 10.6 Å². The summed E-state index contributed by atoms with van der Waals surface area (Å²) in [5, 5.41) is 9.74. The number of carbonyl (C=O) groups is 2. The van der Waals surface area contributed by atoms with Gasteiger partial charge in [0.25, 0.3) is 18.2 Å². The third kappa shape index (κ3) is 7.57. The number of anilines is 1. The molecule has 1 aliphatic rings. The first kappa shape index (κ1) is 28.7. The van der Waals surface area contributed by atoms with Crippen LogP contribution in [0.2, 0.25) is 0 Å². The summed E-state index contributed by atoms with van der Waals surface area (Å²) in [4.78, 5) is 34.3. The summed E-state index contributed by atoms with van der Waals surface area (Å²) in [6, 6.07) is 3.90. The van der Waals surface area contributed by atoms with Gasteiger partial charge in [0.15, 0.2) is 5.82 Å². The lowest BCUT2D eigenvalue weighted by atomic mass is 9.97. The van der Waals surface area contributed by atoms with Gasteiger partial charge in [0.1, 0.15) is 11.4 Å². The normalized spacial score (nSPS) is 14.3. The molecular formula is C23H24F5N5O5. The first-order valence-corrected chi connectivity index (χ1v) is 11.4. The molecule has 15 heteroatoms. The molecule has 1 aliphatic heterocycles. The summed E-state index contributed by atoms with van der Waals surface area (Å²) in [7, 11) is 0. The van der Waals surface area contributed by atoms with Crippen LogP contribution in [-0.4, -0.2) is 61.8 Å². The maximum Gasteiger partial charge on any atom is 0.490 e. The second kappa shape index (κ2) is 12.1.